The van der Waals surface area contributed by atoms with Crippen molar-refractivity contribution in [1.82, 2.24) is 20.2 Å². The molecule has 1 aliphatic rings. The first-order valence-corrected chi connectivity index (χ1v) is 6.59. The van der Waals surface area contributed by atoms with Gasteiger partial charge in [0.25, 0.3) is 0 Å². The number of rotatable bonds is 3. The van der Waals surface area contributed by atoms with E-state index in [0.29, 0.717) is 31.6 Å². The van der Waals surface area contributed by atoms with Crippen LogP contribution in [-0.4, -0.2) is 45.1 Å². The number of aliphatic carboxylic acids is 1. The van der Waals surface area contributed by atoms with Crippen molar-refractivity contribution in [2.24, 2.45) is 5.92 Å². The third-order valence-electron chi connectivity index (χ3n) is 3.31. The Labute approximate surface area is 117 Å². The number of nitrogens with one attached hydrogen (secondary N) is 1. The summed E-state index contributed by atoms with van der Waals surface area (Å²) >= 11 is 0. The van der Waals surface area contributed by atoms with Gasteiger partial charge in [0, 0.05) is 19.3 Å². The largest absolute Gasteiger partial charge is 0.481 e. The molecule has 20 heavy (non-hydrogen) atoms. The van der Waals surface area contributed by atoms with Gasteiger partial charge in [-0.3, -0.25) is 14.8 Å². The highest BCUT2D eigenvalue weighted by Gasteiger charge is 2.27. The first-order valence-electron chi connectivity index (χ1n) is 6.59. The second-order valence-corrected chi connectivity index (χ2v) is 4.93. The van der Waals surface area contributed by atoms with E-state index in [1.807, 2.05) is 6.92 Å². The molecule has 0 bridgehead atoms. The van der Waals surface area contributed by atoms with Crippen LogP contribution in [0.4, 0.5) is 4.79 Å². The molecule has 108 valence electrons. The van der Waals surface area contributed by atoms with E-state index < -0.39 is 11.9 Å². The summed E-state index contributed by atoms with van der Waals surface area (Å²) in [5, 5.41) is 11.7. The molecule has 0 aliphatic carbocycles. The number of amides is 2. The maximum atomic E-state index is 12.0. The summed E-state index contributed by atoms with van der Waals surface area (Å²) < 4.78 is 0. The summed E-state index contributed by atoms with van der Waals surface area (Å²) in [5.41, 5.74) is 1.50. The highest BCUT2D eigenvalue weighted by molar-refractivity contribution is 5.76. The van der Waals surface area contributed by atoms with Crippen molar-refractivity contribution in [3.8, 4) is 0 Å². The summed E-state index contributed by atoms with van der Waals surface area (Å²) in [6.45, 7) is 2.99. The number of nitrogens with zero attached hydrogens (tertiary/aromatic N) is 3. The van der Waals surface area contributed by atoms with Gasteiger partial charge in [-0.05, 0) is 19.8 Å². The van der Waals surface area contributed by atoms with Crippen LogP contribution in [0.25, 0.3) is 0 Å². The number of hydrogen-bond donors (Lipinski definition) is 2. The Hall–Kier alpha value is -2.18. The fraction of sp³-hybridized carbons (Fsp3) is 0.538. The molecule has 7 heteroatoms. The molecule has 0 unspecified atom stereocenters. The van der Waals surface area contributed by atoms with Crippen molar-refractivity contribution < 1.29 is 14.7 Å². The number of hydrogen-bond acceptors (Lipinski definition) is 4. The molecule has 2 N–H and O–H groups in total. The van der Waals surface area contributed by atoms with Gasteiger partial charge in [-0.15, -0.1) is 0 Å². The zero-order valence-electron chi connectivity index (χ0n) is 11.4. The van der Waals surface area contributed by atoms with Gasteiger partial charge in [-0.1, -0.05) is 0 Å². The van der Waals surface area contributed by atoms with Gasteiger partial charge in [0.05, 0.1) is 30.0 Å². The van der Waals surface area contributed by atoms with Gasteiger partial charge >= 0.3 is 12.0 Å². The molecule has 2 rings (SSSR count). The standard InChI is InChI=1S/C13H18N4O3/c1-9-5-15-11(6-14-9)7-16-13(20)17-4-2-3-10(8-17)12(18)19/h5-6,10H,2-4,7-8H2,1H3,(H,16,20)(H,18,19)/t10-/m1/s1. The summed E-state index contributed by atoms with van der Waals surface area (Å²) in [5.74, 6) is -1.31. The second kappa shape index (κ2) is 6.31. The number of urea groups is 1. The molecule has 7 nitrogen and oxygen atoms in total. The monoisotopic (exact) mass is 278 g/mol. The molecule has 0 aromatic carbocycles. The Balaban J connectivity index is 1.85. The van der Waals surface area contributed by atoms with Crippen LogP contribution < -0.4 is 5.32 Å². The molecule has 1 aliphatic heterocycles. The number of likely N-dealkylation sites (tertiary alicyclic amines) is 1. The molecule has 2 heterocycles. The lowest BCUT2D eigenvalue weighted by atomic mass is 9.99. The topological polar surface area (TPSA) is 95.4 Å². The van der Waals surface area contributed by atoms with Crippen molar-refractivity contribution in [1.29, 1.82) is 0 Å². The summed E-state index contributed by atoms with van der Waals surface area (Å²) in [6, 6.07) is -0.252. The summed E-state index contributed by atoms with van der Waals surface area (Å²) in [4.78, 5) is 32.7. The minimum Gasteiger partial charge on any atom is -0.481 e. The summed E-state index contributed by atoms with van der Waals surface area (Å²) in [7, 11) is 0. The highest BCUT2D eigenvalue weighted by atomic mass is 16.4. The predicted octanol–water partition coefficient (Wildman–Crippen LogP) is 0.791. The van der Waals surface area contributed by atoms with E-state index >= 15 is 0 Å². The number of aromatic nitrogens is 2. The summed E-state index contributed by atoms with van der Waals surface area (Å²) in [6.07, 6.45) is 4.60. The lowest BCUT2D eigenvalue weighted by Gasteiger charge is -2.30. The van der Waals surface area contributed by atoms with Crippen LogP contribution in [0.3, 0.4) is 0 Å². The molecule has 0 spiro atoms. The van der Waals surface area contributed by atoms with E-state index in [1.165, 1.54) is 0 Å². The average molecular weight is 278 g/mol. The number of carbonyl (C=O) groups is 2. The second-order valence-electron chi connectivity index (χ2n) is 4.93. The maximum Gasteiger partial charge on any atom is 0.317 e. The Morgan fingerprint density at radius 1 is 1.45 bits per heavy atom. The molecule has 1 aromatic rings. The lowest BCUT2D eigenvalue weighted by Crippen LogP contribution is -2.46. The van der Waals surface area contributed by atoms with E-state index in [9.17, 15) is 9.59 Å². The van der Waals surface area contributed by atoms with Crippen molar-refractivity contribution in [3.05, 3.63) is 23.8 Å². The lowest BCUT2D eigenvalue weighted by molar-refractivity contribution is -0.143. The van der Waals surface area contributed by atoms with Gasteiger partial charge in [0.2, 0.25) is 0 Å². The number of carboxylic acid groups (broad SMARTS) is 1. The van der Waals surface area contributed by atoms with Gasteiger partial charge in [0.15, 0.2) is 0 Å². The SMILES string of the molecule is Cc1cnc(CNC(=O)N2CCC[C@@H](C(=O)O)C2)cn1. The Morgan fingerprint density at radius 2 is 2.25 bits per heavy atom. The molecule has 1 aromatic heterocycles. The van der Waals surface area contributed by atoms with E-state index in [1.54, 1.807) is 17.3 Å². The molecular formula is C13H18N4O3. The normalized spacial score (nSPS) is 18.6. The van der Waals surface area contributed by atoms with E-state index in [-0.39, 0.29) is 12.6 Å². The third kappa shape index (κ3) is 3.66. The van der Waals surface area contributed by atoms with Crippen LogP contribution >= 0.6 is 0 Å². The Kier molecular flexibility index (Phi) is 4.49. The molecular weight excluding hydrogens is 260 g/mol. The van der Waals surface area contributed by atoms with Crippen molar-refractivity contribution in [3.63, 3.8) is 0 Å². The first kappa shape index (κ1) is 14.2. The number of piperidine rings is 1. The minimum absolute atomic E-state index is 0.252. The highest BCUT2D eigenvalue weighted by Crippen LogP contribution is 2.16. The van der Waals surface area contributed by atoms with Crippen LogP contribution in [0.15, 0.2) is 12.4 Å². The first-order chi connectivity index (χ1) is 9.56. The van der Waals surface area contributed by atoms with Crippen LogP contribution in [0.2, 0.25) is 0 Å². The number of aryl methyl sites for hydroxylation is 1. The van der Waals surface area contributed by atoms with Crippen LogP contribution in [-0.2, 0) is 11.3 Å². The van der Waals surface area contributed by atoms with Gasteiger partial charge in [-0.25, -0.2) is 4.79 Å². The van der Waals surface area contributed by atoms with E-state index in [4.69, 9.17) is 5.11 Å². The van der Waals surface area contributed by atoms with Gasteiger partial charge < -0.3 is 15.3 Å². The Morgan fingerprint density at radius 3 is 2.90 bits per heavy atom. The molecule has 1 atom stereocenters. The maximum absolute atomic E-state index is 12.0. The van der Waals surface area contributed by atoms with E-state index in [2.05, 4.69) is 15.3 Å². The fourth-order valence-corrected chi connectivity index (χ4v) is 2.15. The fourth-order valence-electron chi connectivity index (χ4n) is 2.15. The third-order valence-corrected chi connectivity index (χ3v) is 3.31. The minimum atomic E-state index is -0.841. The van der Waals surface area contributed by atoms with Crippen molar-refractivity contribution in [2.75, 3.05) is 13.1 Å². The van der Waals surface area contributed by atoms with E-state index in [0.717, 1.165) is 5.69 Å². The predicted molar refractivity (Wildman–Crippen MR) is 70.9 cm³/mol. The number of carbonyl (C=O) groups excluding carboxylic acids is 1. The molecule has 1 saturated heterocycles. The van der Waals surface area contributed by atoms with Crippen molar-refractivity contribution >= 4 is 12.0 Å². The Bertz CT molecular complexity index is 489. The molecule has 0 radical (unpaired) electrons. The van der Waals surface area contributed by atoms with Crippen LogP contribution in [0, 0.1) is 12.8 Å². The smallest absolute Gasteiger partial charge is 0.317 e. The molecule has 1 fully saturated rings. The van der Waals surface area contributed by atoms with Crippen LogP contribution in [0.1, 0.15) is 24.2 Å². The van der Waals surface area contributed by atoms with Crippen molar-refractivity contribution in [2.45, 2.75) is 26.3 Å². The molecule has 2 amide bonds. The van der Waals surface area contributed by atoms with Gasteiger partial charge in [-0.2, -0.15) is 0 Å². The van der Waals surface area contributed by atoms with Gasteiger partial charge in [0.1, 0.15) is 0 Å². The zero-order chi connectivity index (χ0) is 14.5. The van der Waals surface area contributed by atoms with Crippen LogP contribution in [0.5, 0.6) is 0 Å². The molecule has 0 saturated carbocycles. The zero-order valence-corrected chi connectivity index (χ0v) is 11.4. The average Bonchev–Trinajstić information content (AvgIpc) is 2.46. The quantitative estimate of drug-likeness (QED) is 0.852. The number of carboxylic acids is 1.